The molecule has 0 amide bonds. The van der Waals surface area contributed by atoms with Gasteiger partial charge in [0.05, 0.1) is 7.11 Å². The van der Waals surface area contributed by atoms with Crippen molar-refractivity contribution in [3.05, 3.63) is 47.8 Å². The molecule has 0 aliphatic carbocycles. The van der Waals surface area contributed by atoms with Gasteiger partial charge in [0.15, 0.2) is 5.60 Å². The first-order chi connectivity index (χ1) is 10.5. The Morgan fingerprint density at radius 1 is 1.27 bits per heavy atom. The van der Waals surface area contributed by atoms with Gasteiger partial charge in [-0.3, -0.25) is 4.79 Å². The molecule has 0 radical (unpaired) electrons. The highest BCUT2D eigenvalue weighted by Gasteiger charge is 2.46. The van der Waals surface area contributed by atoms with Crippen LogP contribution in [0.1, 0.15) is 40.0 Å². The number of unbranched alkanes of at least 4 members (excludes halogenated alkanes) is 1. The molecule has 0 aromatic heterocycles. The van der Waals surface area contributed by atoms with Crippen LogP contribution < -0.4 is 0 Å². The predicted octanol–water partition coefficient (Wildman–Crippen LogP) is 3.65. The van der Waals surface area contributed by atoms with Crippen LogP contribution in [0.2, 0.25) is 0 Å². The van der Waals surface area contributed by atoms with Gasteiger partial charge in [0.1, 0.15) is 11.3 Å². The van der Waals surface area contributed by atoms with Crippen molar-refractivity contribution in [3.63, 3.8) is 0 Å². The van der Waals surface area contributed by atoms with Crippen LogP contribution in [-0.2, 0) is 19.1 Å². The Kier molecular flexibility index (Phi) is 6.83. The molecule has 0 spiro atoms. The van der Waals surface area contributed by atoms with Crippen molar-refractivity contribution < 1.29 is 19.1 Å². The minimum Gasteiger partial charge on any atom is -0.474 e. The van der Waals surface area contributed by atoms with E-state index in [2.05, 4.69) is 0 Å². The molecule has 1 rings (SSSR count). The molecule has 1 atom stereocenters. The molecule has 22 heavy (non-hydrogen) atoms. The van der Waals surface area contributed by atoms with Crippen LogP contribution in [0.15, 0.2) is 47.8 Å². The Bertz CT molecular complexity index is 537. The summed E-state index contributed by atoms with van der Waals surface area (Å²) in [5.41, 5.74) is -1.20. The van der Waals surface area contributed by atoms with E-state index in [0.29, 0.717) is 0 Å². The molecule has 120 valence electrons. The molecule has 0 bridgehead atoms. The molecule has 1 unspecified atom stereocenters. The number of rotatable bonds is 7. The van der Waals surface area contributed by atoms with Gasteiger partial charge < -0.3 is 9.47 Å². The quantitative estimate of drug-likeness (QED) is 0.409. The Morgan fingerprint density at radius 2 is 2.00 bits per heavy atom. The number of ether oxygens (including phenoxy) is 2. The number of carbonyl (C=O) groups excluding carboxylic acids is 2. The fourth-order valence-corrected chi connectivity index (χ4v) is 2.02. The molecular weight excluding hydrogens is 280 g/mol. The minimum atomic E-state index is -1.17. The molecule has 0 saturated heterocycles. The first-order valence-corrected chi connectivity index (χ1v) is 7.57. The molecule has 1 aliphatic rings. The molecule has 0 aromatic carbocycles. The van der Waals surface area contributed by atoms with Gasteiger partial charge in [-0.15, -0.1) is 0 Å². The largest absolute Gasteiger partial charge is 0.474 e. The molecule has 4 heteroatoms. The monoisotopic (exact) mass is 304 g/mol. The zero-order chi connectivity index (χ0) is 16.6. The Labute approximate surface area is 132 Å². The number of allylic oxidation sites excluding steroid dienone is 5. The zero-order valence-electron chi connectivity index (χ0n) is 13.7. The van der Waals surface area contributed by atoms with E-state index in [1.54, 1.807) is 25.2 Å². The summed E-state index contributed by atoms with van der Waals surface area (Å²) in [4.78, 5) is 24.4. The third-order valence-electron chi connectivity index (χ3n) is 3.26. The highest BCUT2D eigenvalue weighted by molar-refractivity contribution is 6.23. The van der Waals surface area contributed by atoms with Crippen LogP contribution in [-0.4, -0.2) is 24.5 Å². The molecular formula is C18H24O4. The molecule has 0 fully saturated rings. The highest BCUT2D eigenvalue weighted by atomic mass is 16.5. The van der Waals surface area contributed by atoms with Crippen LogP contribution >= 0.6 is 0 Å². The molecule has 0 saturated carbocycles. The average Bonchev–Trinajstić information content (AvgIpc) is 2.75. The number of Topliss-reactive ketones (excluding diaryl/α,β-unsaturated/α-hetero) is 1. The lowest BCUT2D eigenvalue weighted by molar-refractivity contribution is -0.138. The predicted molar refractivity (Wildman–Crippen MR) is 86.2 cm³/mol. The summed E-state index contributed by atoms with van der Waals surface area (Å²) in [5.74, 6) is -0.768. The van der Waals surface area contributed by atoms with Crippen LogP contribution in [0.5, 0.6) is 0 Å². The minimum absolute atomic E-state index is 0.0264. The number of carbonyl (C=O) groups is 2. The summed E-state index contributed by atoms with van der Waals surface area (Å²) in [5, 5.41) is 0. The second-order valence-electron chi connectivity index (χ2n) is 5.16. The summed E-state index contributed by atoms with van der Waals surface area (Å²) < 4.78 is 10.5. The normalized spacial score (nSPS) is 22.3. The van der Waals surface area contributed by atoms with E-state index in [1.165, 1.54) is 7.11 Å². The number of hydrogen-bond donors (Lipinski definition) is 0. The van der Waals surface area contributed by atoms with E-state index in [4.69, 9.17) is 9.47 Å². The van der Waals surface area contributed by atoms with Crippen molar-refractivity contribution in [2.24, 2.45) is 0 Å². The second-order valence-corrected chi connectivity index (χ2v) is 5.16. The second kappa shape index (κ2) is 8.37. The standard InChI is InChI=1S/C18H24O4/c1-5-7-9-11-13-18(3)16(19)15(17(20)21-4)14(22-18)12-10-8-6-2/h7,9-13H,5-6,8H2,1-4H3/b9-7+,12-10+,13-11+. The van der Waals surface area contributed by atoms with Gasteiger partial charge in [0.2, 0.25) is 5.78 Å². The smallest absolute Gasteiger partial charge is 0.345 e. The van der Waals surface area contributed by atoms with Crippen LogP contribution in [0, 0.1) is 0 Å². The first-order valence-electron chi connectivity index (χ1n) is 7.57. The van der Waals surface area contributed by atoms with Crippen molar-refractivity contribution in [2.75, 3.05) is 7.11 Å². The fourth-order valence-electron chi connectivity index (χ4n) is 2.02. The van der Waals surface area contributed by atoms with Crippen molar-refractivity contribution >= 4 is 11.8 Å². The van der Waals surface area contributed by atoms with Crippen molar-refractivity contribution in [1.82, 2.24) is 0 Å². The maximum Gasteiger partial charge on any atom is 0.345 e. The van der Waals surface area contributed by atoms with E-state index in [0.717, 1.165) is 19.3 Å². The Balaban J connectivity index is 3.07. The van der Waals surface area contributed by atoms with Crippen molar-refractivity contribution in [2.45, 2.75) is 45.6 Å². The zero-order valence-corrected chi connectivity index (χ0v) is 13.7. The summed E-state index contributed by atoms with van der Waals surface area (Å²) in [7, 11) is 1.26. The van der Waals surface area contributed by atoms with Gasteiger partial charge in [-0.05, 0) is 31.9 Å². The molecule has 0 N–H and O–H groups in total. The van der Waals surface area contributed by atoms with Crippen molar-refractivity contribution in [3.8, 4) is 0 Å². The summed E-state index contributed by atoms with van der Waals surface area (Å²) in [6.07, 6.45) is 13.5. The number of methoxy groups -OCH3 is 1. The lowest BCUT2D eigenvalue weighted by atomic mass is 9.96. The van der Waals surface area contributed by atoms with E-state index >= 15 is 0 Å². The van der Waals surface area contributed by atoms with Gasteiger partial charge in [-0.2, -0.15) is 0 Å². The summed E-state index contributed by atoms with van der Waals surface area (Å²) >= 11 is 0. The van der Waals surface area contributed by atoms with E-state index < -0.39 is 11.6 Å². The summed E-state index contributed by atoms with van der Waals surface area (Å²) in [6.45, 7) is 5.72. The third-order valence-corrected chi connectivity index (χ3v) is 3.26. The lowest BCUT2D eigenvalue weighted by Crippen LogP contribution is -2.32. The van der Waals surface area contributed by atoms with Gasteiger partial charge in [-0.1, -0.05) is 44.6 Å². The topological polar surface area (TPSA) is 52.6 Å². The maximum atomic E-state index is 12.5. The Hall–Kier alpha value is -2.10. The van der Waals surface area contributed by atoms with Crippen LogP contribution in [0.4, 0.5) is 0 Å². The maximum absolute atomic E-state index is 12.5. The number of esters is 1. The fraction of sp³-hybridized carbons (Fsp3) is 0.444. The number of hydrogen-bond acceptors (Lipinski definition) is 4. The summed E-state index contributed by atoms with van der Waals surface area (Å²) in [6, 6.07) is 0. The first kappa shape index (κ1) is 18.0. The lowest BCUT2D eigenvalue weighted by Gasteiger charge is -2.18. The van der Waals surface area contributed by atoms with Gasteiger partial charge in [0, 0.05) is 0 Å². The van der Waals surface area contributed by atoms with Gasteiger partial charge in [0.25, 0.3) is 0 Å². The van der Waals surface area contributed by atoms with Crippen LogP contribution in [0.25, 0.3) is 0 Å². The van der Waals surface area contributed by atoms with E-state index in [9.17, 15) is 9.59 Å². The Morgan fingerprint density at radius 3 is 2.59 bits per heavy atom. The molecule has 1 aliphatic heterocycles. The molecule has 4 nitrogen and oxygen atoms in total. The van der Waals surface area contributed by atoms with Crippen LogP contribution in [0.3, 0.4) is 0 Å². The third kappa shape index (κ3) is 4.20. The number of ketones is 1. The molecule has 0 aromatic rings. The SMILES string of the molecule is CC/C=C/C=C/C1(C)OC(/C=C/CCC)=C(C(=O)OC)C1=O. The van der Waals surface area contributed by atoms with E-state index in [1.807, 2.05) is 32.1 Å². The van der Waals surface area contributed by atoms with E-state index in [-0.39, 0.29) is 17.1 Å². The van der Waals surface area contributed by atoms with Gasteiger partial charge >= 0.3 is 5.97 Å². The van der Waals surface area contributed by atoms with Gasteiger partial charge in [-0.25, -0.2) is 4.79 Å². The highest BCUT2D eigenvalue weighted by Crippen LogP contribution is 2.33. The average molecular weight is 304 g/mol. The molecule has 1 heterocycles. The van der Waals surface area contributed by atoms with Crippen molar-refractivity contribution in [1.29, 1.82) is 0 Å².